The number of rotatable bonds is 3. The SMILES string of the molecule is CCOC(=O)/C=C/C1=CNCN=C1. The molecule has 1 heterocycles. The van der Waals surface area contributed by atoms with E-state index in [2.05, 4.69) is 10.3 Å². The van der Waals surface area contributed by atoms with Gasteiger partial charge >= 0.3 is 5.97 Å². The first-order valence-electron chi connectivity index (χ1n) is 4.11. The van der Waals surface area contributed by atoms with Crippen LogP contribution in [-0.2, 0) is 9.53 Å². The number of nitrogens with one attached hydrogen (secondary N) is 1. The summed E-state index contributed by atoms with van der Waals surface area (Å²) >= 11 is 0. The Morgan fingerprint density at radius 3 is 3.31 bits per heavy atom. The Kier molecular flexibility index (Phi) is 3.75. The average Bonchev–Trinajstić information content (AvgIpc) is 2.17. The van der Waals surface area contributed by atoms with E-state index < -0.39 is 0 Å². The van der Waals surface area contributed by atoms with Crippen LogP contribution in [0, 0.1) is 0 Å². The van der Waals surface area contributed by atoms with Crippen molar-refractivity contribution in [3.05, 3.63) is 23.9 Å². The van der Waals surface area contributed by atoms with Crippen molar-refractivity contribution in [2.24, 2.45) is 4.99 Å². The Hall–Kier alpha value is -1.58. The Labute approximate surface area is 77.0 Å². The van der Waals surface area contributed by atoms with Crippen LogP contribution in [0.3, 0.4) is 0 Å². The molecule has 0 aromatic carbocycles. The van der Waals surface area contributed by atoms with Crippen LogP contribution in [0.2, 0.25) is 0 Å². The molecule has 1 N–H and O–H groups in total. The van der Waals surface area contributed by atoms with Crippen molar-refractivity contribution in [1.29, 1.82) is 0 Å². The number of carbonyl (C=O) groups excluding carboxylic acids is 1. The van der Waals surface area contributed by atoms with E-state index in [-0.39, 0.29) is 5.97 Å². The number of hydrogen-bond donors (Lipinski definition) is 1. The van der Waals surface area contributed by atoms with E-state index in [0.29, 0.717) is 13.3 Å². The number of carbonyl (C=O) groups is 1. The van der Waals surface area contributed by atoms with Crippen LogP contribution < -0.4 is 5.32 Å². The molecular formula is C9H12N2O2. The van der Waals surface area contributed by atoms with Crippen LogP contribution in [0.5, 0.6) is 0 Å². The summed E-state index contributed by atoms with van der Waals surface area (Å²) in [5.74, 6) is -0.331. The van der Waals surface area contributed by atoms with Gasteiger partial charge in [-0.3, -0.25) is 4.99 Å². The van der Waals surface area contributed by atoms with Crippen molar-refractivity contribution in [2.75, 3.05) is 13.3 Å². The highest BCUT2D eigenvalue weighted by atomic mass is 16.5. The first-order valence-corrected chi connectivity index (χ1v) is 4.11. The van der Waals surface area contributed by atoms with Crippen molar-refractivity contribution in [1.82, 2.24) is 5.32 Å². The van der Waals surface area contributed by atoms with Crippen LogP contribution in [0.25, 0.3) is 0 Å². The third kappa shape index (κ3) is 3.55. The third-order valence-electron chi connectivity index (χ3n) is 1.39. The first kappa shape index (κ1) is 9.51. The van der Waals surface area contributed by atoms with Gasteiger partial charge in [-0.2, -0.15) is 0 Å². The Morgan fingerprint density at radius 2 is 2.69 bits per heavy atom. The van der Waals surface area contributed by atoms with Crippen molar-refractivity contribution >= 4 is 12.2 Å². The molecule has 0 radical (unpaired) electrons. The fraction of sp³-hybridized carbons (Fsp3) is 0.333. The van der Waals surface area contributed by atoms with Crippen LogP contribution in [0.1, 0.15) is 6.92 Å². The topological polar surface area (TPSA) is 50.7 Å². The number of allylic oxidation sites excluding steroid dienone is 2. The number of nitrogens with zero attached hydrogens (tertiary/aromatic N) is 1. The highest BCUT2D eigenvalue weighted by molar-refractivity contribution is 5.88. The van der Waals surface area contributed by atoms with E-state index in [9.17, 15) is 4.79 Å². The van der Waals surface area contributed by atoms with Gasteiger partial charge in [0.25, 0.3) is 0 Å². The molecular weight excluding hydrogens is 168 g/mol. The van der Waals surface area contributed by atoms with Gasteiger partial charge < -0.3 is 10.1 Å². The summed E-state index contributed by atoms with van der Waals surface area (Å²) < 4.78 is 4.72. The van der Waals surface area contributed by atoms with Gasteiger partial charge in [0.05, 0.1) is 6.61 Å². The zero-order chi connectivity index (χ0) is 9.52. The normalized spacial score (nSPS) is 15.3. The Bertz CT molecular complexity index is 267. The molecule has 1 rings (SSSR count). The largest absolute Gasteiger partial charge is 0.463 e. The smallest absolute Gasteiger partial charge is 0.330 e. The lowest BCUT2D eigenvalue weighted by molar-refractivity contribution is -0.137. The standard InChI is InChI=1S/C9H12N2O2/c1-2-13-9(12)4-3-8-5-10-7-11-6-8/h3-6,10H,2,7H2,1H3/b4-3+. The lowest BCUT2D eigenvalue weighted by atomic mass is 10.2. The van der Waals surface area contributed by atoms with Crippen LogP contribution in [0.4, 0.5) is 0 Å². The van der Waals surface area contributed by atoms with Crippen LogP contribution in [-0.4, -0.2) is 25.5 Å². The summed E-state index contributed by atoms with van der Waals surface area (Å²) in [6, 6.07) is 0. The summed E-state index contributed by atoms with van der Waals surface area (Å²) in [7, 11) is 0. The van der Waals surface area contributed by atoms with Crippen molar-refractivity contribution in [2.45, 2.75) is 6.92 Å². The maximum absolute atomic E-state index is 10.9. The molecule has 1 aliphatic rings. The van der Waals surface area contributed by atoms with Gasteiger partial charge in [-0.15, -0.1) is 0 Å². The quantitative estimate of drug-likeness (QED) is 0.511. The van der Waals surface area contributed by atoms with Crippen LogP contribution >= 0.6 is 0 Å². The summed E-state index contributed by atoms with van der Waals surface area (Å²) in [6.07, 6.45) is 6.54. The third-order valence-corrected chi connectivity index (χ3v) is 1.39. The number of hydrogen-bond acceptors (Lipinski definition) is 4. The second-order valence-corrected chi connectivity index (χ2v) is 2.40. The minimum absolute atomic E-state index is 0.331. The number of ether oxygens (including phenoxy) is 1. The van der Waals surface area contributed by atoms with E-state index in [1.54, 1.807) is 25.4 Å². The molecule has 0 unspecified atom stereocenters. The zero-order valence-electron chi connectivity index (χ0n) is 7.49. The van der Waals surface area contributed by atoms with E-state index in [1.165, 1.54) is 6.08 Å². The summed E-state index contributed by atoms with van der Waals surface area (Å²) in [5.41, 5.74) is 0.860. The molecule has 0 atom stereocenters. The second kappa shape index (κ2) is 5.13. The van der Waals surface area contributed by atoms with Crippen molar-refractivity contribution in [3.63, 3.8) is 0 Å². The van der Waals surface area contributed by atoms with E-state index in [0.717, 1.165) is 5.57 Å². The molecule has 0 aromatic heterocycles. The lowest BCUT2D eigenvalue weighted by Gasteiger charge is -2.02. The molecule has 4 heteroatoms. The fourth-order valence-corrected chi connectivity index (χ4v) is 0.850. The molecule has 0 spiro atoms. The fourth-order valence-electron chi connectivity index (χ4n) is 0.850. The van der Waals surface area contributed by atoms with Gasteiger partial charge in [0, 0.05) is 24.1 Å². The molecule has 0 aliphatic carbocycles. The van der Waals surface area contributed by atoms with Gasteiger partial charge in [-0.05, 0) is 13.0 Å². The molecule has 13 heavy (non-hydrogen) atoms. The second-order valence-electron chi connectivity index (χ2n) is 2.40. The zero-order valence-corrected chi connectivity index (χ0v) is 7.49. The molecule has 0 aromatic rings. The predicted molar refractivity (Wildman–Crippen MR) is 50.4 cm³/mol. The van der Waals surface area contributed by atoms with Gasteiger partial charge in [0.15, 0.2) is 0 Å². The molecule has 0 amide bonds. The van der Waals surface area contributed by atoms with Crippen molar-refractivity contribution in [3.8, 4) is 0 Å². The summed E-state index contributed by atoms with van der Waals surface area (Å²) in [4.78, 5) is 14.9. The molecule has 0 fully saturated rings. The highest BCUT2D eigenvalue weighted by Crippen LogP contribution is 1.95. The number of aliphatic imine (C=N–C) groups is 1. The Morgan fingerprint density at radius 1 is 1.85 bits per heavy atom. The van der Waals surface area contributed by atoms with Gasteiger partial charge in [0.1, 0.15) is 6.67 Å². The average molecular weight is 180 g/mol. The minimum atomic E-state index is -0.331. The molecule has 0 saturated heterocycles. The van der Waals surface area contributed by atoms with Gasteiger partial charge in [0.2, 0.25) is 0 Å². The summed E-state index contributed by atoms with van der Waals surface area (Å²) in [6.45, 7) is 2.76. The molecule has 70 valence electrons. The van der Waals surface area contributed by atoms with E-state index in [1.807, 2.05) is 0 Å². The minimum Gasteiger partial charge on any atom is -0.463 e. The molecule has 0 bridgehead atoms. The van der Waals surface area contributed by atoms with E-state index in [4.69, 9.17) is 4.74 Å². The van der Waals surface area contributed by atoms with Gasteiger partial charge in [-0.25, -0.2) is 4.79 Å². The van der Waals surface area contributed by atoms with E-state index >= 15 is 0 Å². The van der Waals surface area contributed by atoms with Crippen molar-refractivity contribution < 1.29 is 9.53 Å². The lowest BCUT2D eigenvalue weighted by Crippen LogP contribution is -2.10. The molecule has 0 saturated carbocycles. The monoisotopic (exact) mass is 180 g/mol. The Balaban J connectivity index is 2.43. The van der Waals surface area contributed by atoms with Gasteiger partial charge in [-0.1, -0.05) is 0 Å². The molecule has 1 aliphatic heterocycles. The summed E-state index contributed by atoms with van der Waals surface area (Å²) in [5, 5.41) is 2.93. The predicted octanol–water partition coefficient (Wildman–Crippen LogP) is 0.621. The maximum atomic E-state index is 10.9. The molecule has 4 nitrogen and oxygen atoms in total. The van der Waals surface area contributed by atoms with Crippen LogP contribution in [0.15, 0.2) is 28.9 Å². The maximum Gasteiger partial charge on any atom is 0.330 e. The number of esters is 1. The highest BCUT2D eigenvalue weighted by Gasteiger charge is 1.95. The first-order chi connectivity index (χ1) is 6.33.